The average molecular weight is 288 g/mol. The second-order valence-electron chi connectivity index (χ2n) is 3.57. The lowest BCUT2D eigenvalue weighted by atomic mass is 10.3. The van der Waals surface area contributed by atoms with E-state index in [1.54, 1.807) is 24.3 Å². The van der Waals surface area contributed by atoms with Gasteiger partial charge in [-0.25, -0.2) is 4.79 Å². The molecule has 1 aromatic carbocycles. The molecule has 0 fully saturated rings. The molecule has 7 heteroatoms. The third-order valence-corrected chi connectivity index (χ3v) is 2.40. The smallest absolute Gasteiger partial charge is 0.330 e. The van der Waals surface area contributed by atoms with Gasteiger partial charge in [-0.2, -0.15) is 0 Å². The van der Waals surface area contributed by atoms with Crippen LogP contribution in [-0.2, 0) is 14.3 Å². The van der Waals surface area contributed by atoms with Crippen molar-refractivity contribution in [2.75, 3.05) is 20.3 Å². The summed E-state index contributed by atoms with van der Waals surface area (Å²) in [6.45, 7) is -0.844. The van der Waals surface area contributed by atoms with Crippen LogP contribution < -0.4 is 10.1 Å². The topological polar surface area (TPSA) is 84.9 Å². The molecular formula is C12H14ClNO5. The van der Waals surface area contributed by atoms with Crippen molar-refractivity contribution in [3.63, 3.8) is 0 Å². The third-order valence-electron chi connectivity index (χ3n) is 2.17. The number of hydrogen-bond acceptors (Lipinski definition) is 5. The van der Waals surface area contributed by atoms with Gasteiger partial charge in [0.15, 0.2) is 12.6 Å². The molecule has 0 radical (unpaired) electrons. The van der Waals surface area contributed by atoms with Gasteiger partial charge in [-0.3, -0.25) is 4.79 Å². The van der Waals surface area contributed by atoms with Gasteiger partial charge in [0, 0.05) is 5.02 Å². The number of aliphatic hydroxyl groups is 1. The van der Waals surface area contributed by atoms with Crippen LogP contribution in [0.3, 0.4) is 0 Å². The van der Waals surface area contributed by atoms with Crippen LogP contribution >= 0.6 is 11.6 Å². The molecule has 0 aliphatic rings. The standard InChI is InChI=1S/C12H14ClNO5/c1-18-12(17)10(6-15)14-11(16)7-19-9-4-2-3-8(13)5-9/h2-5,10,15H,6-7H2,1H3,(H,14,16)/t10-/m1/s1. The molecule has 1 amide bonds. The van der Waals surface area contributed by atoms with Crippen LogP contribution in [0.1, 0.15) is 0 Å². The zero-order valence-corrected chi connectivity index (χ0v) is 11.0. The molecular weight excluding hydrogens is 274 g/mol. The van der Waals surface area contributed by atoms with Gasteiger partial charge in [0.05, 0.1) is 13.7 Å². The molecule has 6 nitrogen and oxygen atoms in total. The number of methoxy groups -OCH3 is 1. The fourth-order valence-electron chi connectivity index (χ4n) is 1.26. The van der Waals surface area contributed by atoms with Crippen LogP contribution in [0.25, 0.3) is 0 Å². The summed E-state index contributed by atoms with van der Waals surface area (Å²) in [5.41, 5.74) is 0. The number of ether oxygens (including phenoxy) is 2. The Hall–Kier alpha value is -1.79. The van der Waals surface area contributed by atoms with Crippen LogP contribution in [0.5, 0.6) is 5.75 Å². The number of benzene rings is 1. The summed E-state index contributed by atoms with van der Waals surface area (Å²) >= 11 is 5.75. The zero-order chi connectivity index (χ0) is 14.3. The summed E-state index contributed by atoms with van der Waals surface area (Å²) in [5, 5.41) is 11.7. The van der Waals surface area contributed by atoms with Crippen molar-refractivity contribution < 1.29 is 24.2 Å². The van der Waals surface area contributed by atoms with E-state index < -0.39 is 24.5 Å². The number of rotatable bonds is 6. The predicted molar refractivity (Wildman–Crippen MR) is 68.0 cm³/mol. The van der Waals surface area contributed by atoms with Crippen LogP contribution in [0.4, 0.5) is 0 Å². The molecule has 1 aromatic rings. The Labute approximate surface area is 115 Å². The molecule has 2 N–H and O–H groups in total. The first-order chi connectivity index (χ1) is 9.06. The highest BCUT2D eigenvalue weighted by Crippen LogP contribution is 2.16. The number of aliphatic hydroxyl groups excluding tert-OH is 1. The molecule has 0 heterocycles. The van der Waals surface area contributed by atoms with E-state index in [-0.39, 0.29) is 6.61 Å². The van der Waals surface area contributed by atoms with Gasteiger partial charge < -0.3 is 19.9 Å². The number of carbonyl (C=O) groups excluding carboxylic acids is 2. The fourth-order valence-corrected chi connectivity index (χ4v) is 1.44. The first-order valence-corrected chi connectivity index (χ1v) is 5.81. The van der Waals surface area contributed by atoms with Gasteiger partial charge in [-0.15, -0.1) is 0 Å². The van der Waals surface area contributed by atoms with Gasteiger partial charge in [-0.05, 0) is 18.2 Å². The van der Waals surface area contributed by atoms with Gasteiger partial charge in [-0.1, -0.05) is 17.7 Å². The minimum atomic E-state index is -1.10. The molecule has 0 saturated heterocycles. The van der Waals surface area contributed by atoms with E-state index in [2.05, 4.69) is 10.1 Å². The minimum Gasteiger partial charge on any atom is -0.484 e. The maximum Gasteiger partial charge on any atom is 0.330 e. The first-order valence-electron chi connectivity index (χ1n) is 5.43. The van der Waals surface area contributed by atoms with E-state index in [9.17, 15) is 9.59 Å². The Morgan fingerprint density at radius 1 is 1.47 bits per heavy atom. The molecule has 104 valence electrons. The summed E-state index contributed by atoms with van der Waals surface area (Å²) in [6, 6.07) is 5.45. The molecule has 0 unspecified atom stereocenters. The van der Waals surface area contributed by atoms with Crippen LogP contribution in [0, 0.1) is 0 Å². The van der Waals surface area contributed by atoms with E-state index in [1.807, 2.05) is 0 Å². The van der Waals surface area contributed by atoms with Gasteiger partial charge >= 0.3 is 5.97 Å². The molecule has 0 aromatic heterocycles. The quantitative estimate of drug-likeness (QED) is 0.739. The number of halogens is 1. The van der Waals surface area contributed by atoms with Crippen LogP contribution in [0.15, 0.2) is 24.3 Å². The van der Waals surface area contributed by atoms with Crippen molar-refractivity contribution in [2.24, 2.45) is 0 Å². The molecule has 19 heavy (non-hydrogen) atoms. The van der Waals surface area contributed by atoms with Crippen LogP contribution in [-0.4, -0.2) is 43.3 Å². The lowest BCUT2D eigenvalue weighted by Gasteiger charge is -2.14. The van der Waals surface area contributed by atoms with E-state index in [1.165, 1.54) is 7.11 Å². The van der Waals surface area contributed by atoms with E-state index >= 15 is 0 Å². The molecule has 0 bridgehead atoms. The summed E-state index contributed by atoms with van der Waals surface area (Å²) < 4.78 is 9.59. The number of amides is 1. The summed E-state index contributed by atoms with van der Waals surface area (Å²) in [7, 11) is 1.17. The molecule has 1 atom stereocenters. The Balaban J connectivity index is 2.45. The number of carbonyl (C=O) groups is 2. The van der Waals surface area contributed by atoms with Gasteiger partial charge in [0.25, 0.3) is 5.91 Å². The van der Waals surface area contributed by atoms with Gasteiger partial charge in [0.1, 0.15) is 5.75 Å². The Bertz CT molecular complexity index is 452. The van der Waals surface area contributed by atoms with Crippen molar-refractivity contribution in [3.05, 3.63) is 29.3 Å². The number of nitrogens with one attached hydrogen (secondary N) is 1. The minimum absolute atomic E-state index is 0.298. The van der Waals surface area contributed by atoms with Crippen molar-refractivity contribution in [2.45, 2.75) is 6.04 Å². The van der Waals surface area contributed by atoms with Crippen molar-refractivity contribution >= 4 is 23.5 Å². The van der Waals surface area contributed by atoms with E-state index in [4.69, 9.17) is 21.4 Å². The zero-order valence-electron chi connectivity index (χ0n) is 10.3. The predicted octanol–water partition coefficient (Wildman–Crippen LogP) is 0.369. The largest absolute Gasteiger partial charge is 0.484 e. The van der Waals surface area contributed by atoms with E-state index in [0.717, 1.165) is 0 Å². The van der Waals surface area contributed by atoms with E-state index in [0.29, 0.717) is 10.8 Å². The van der Waals surface area contributed by atoms with Crippen molar-refractivity contribution in [1.29, 1.82) is 0 Å². The van der Waals surface area contributed by atoms with Crippen molar-refractivity contribution in [1.82, 2.24) is 5.32 Å². The highest BCUT2D eigenvalue weighted by Gasteiger charge is 2.20. The highest BCUT2D eigenvalue weighted by atomic mass is 35.5. The monoisotopic (exact) mass is 287 g/mol. The maximum atomic E-state index is 11.5. The SMILES string of the molecule is COC(=O)[C@@H](CO)NC(=O)COc1cccc(Cl)c1. The normalized spacial score (nSPS) is 11.5. The average Bonchev–Trinajstić information content (AvgIpc) is 2.41. The second kappa shape index (κ2) is 7.60. The highest BCUT2D eigenvalue weighted by molar-refractivity contribution is 6.30. The molecule has 0 saturated carbocycles. The van der Waals surface area contributed by atoms with Crippen molar-refractivity contribution in [3.8, 4) is 5.75 Å². The Morgan fingerprint density at radius 3 is 2.79 bits per heavy atom. The first kappa shape index (κ1) is 15.3. The third kappa shape index (κ3) is 5.15. The molecule has 0 aliphatic heterocycles. The lowest BCUT2D eigenvalue weighted by Crippen LogP contribution is -2.45. The summed E-state index contributed by atoms with van der Waals surface area (Å²) in [6.07, 6.45) is 0. The molecule has 0 aliphatic carbocycles. The number of hydrogen-bond donors (Lipinski definition) is 2. The van der Waals surface area contributed by atoms with Crippen LogP contribution in [0.2, 0.25) is 5.02 Å². The number of esters is 1. The lowest BCUT2D eigenvalue weighted by molar-refractivity contribution is -0.146. The Morgan fingerprint density at radius 2 is 2.21 bits per heavy atom. The molecule has 1 rings (SSSR count). The summed E-state index contributed by atoms with van der Waals surface area (Å²) in [5.74, 6) is -0.843. The fraction of sp³-hybridized carbons (Fsp3) is 0.333. The Kier molecular flexibility index (Phi) is 6.11. The maximum absolute atomic E-state index is 11.5. The second-order valence-corrected chi connectivity index (χ2v) is 4.01. The summed E-state index contributed by atoms with van der Waals surface area (Å²) in [4.78, 5) is 22.6. The molecule has 0 spiro atoms. The van der Waals surface area contributed by atoms with Gasteiger partial charge in [0.2, 0.25) is 0 Å².